The summed E-state index contributed by atoms with van der Waals surface area (Å²) < 4.78 is 15.8. The molecule has 53 heavy (non-hydrogen) atoms. The largest absolute Gasteiger partial charge is 0.478 e. The van der Waals surface area contributed by atoms with Crippen LogP contribution in [-0.2, 0) is 25.0 Å². The van der Waals surface area contributed by atoms with Crippen molar-refractivity contribution in [2.45, 2.75) is 103 Å². The number of hydrogen-bond donors (Lipinski definition) is 1. The summed E-state index contributed by atoms with van der Waals surface area (Å²) in [7, 11) is -1.02. The molecule has 294 valence electrons. The van der Waals surface area contributed by atoms with Crippen LogP contribution in [0.4, 0.5) is 9.59 Å². The second-order valence-corrected chi connectivity index (χ2v) is 29.1. The predicted octanol–water partition coefficient (Wildman–Crippen LogP) is 9.01. The number of nitrogens with zero attached hydrogens (tertiary/aromatic N) is 2. The van der Waals surface area contributed by atoms with Crippen LogP contribution in [0.15, 0.2) is 48.5 Å². The Morgan fingerprint density at radius 1 is 0.717 bits per heavy atom. The number of esters is 1. The number of ether oxygens (including phenoxy) is 3. The zero-order valence-corrected chi connectivity index (χ0v) is 36.0. The summed E-state index contributed by atoms with van der Waals surface area (Å²) in [4.78, 5) is 51.5. The molecule has 2 fully saturated rings. The molecular weight excluding hydrogens is 705 g/mol. The maximum atomic E-state index is 12.4. The Balaban J connectivity index is 0.000000286. The molecule has 2 heterocycles. The van der Waals surface area contributed by atoms with Crippen LogP contribution in [-0.4, -0.2) is 102 Å². The Morgan fingerprint density at radius 3 is 1.47 bits per heavy atom. The van der Waals surface area contributed by atoms with Gasteiger partial charge in [0.2, 0.25) is 0 Å². The van der Waals surface area contributed by atoms with E-state index in [0.29, 0.717) is 50.5 Å². The summed E-state index contributed by atoms with van der Waals surface area (Å²) in [6, 6.07) is 16.8. The molecule has 10 nitrogen and oxygen atoms in total. The van der Waals surface area contributed by atoms with Crippen molar-refractivity contribution >= 4 is 40.3 Å². The minimum absolute atomic E-state index is 0.0981. The monoisotopic (exact) mass is 768 g/mol. The number of hydrogen-bond acceptors (Lipinski definition) is 7. The second-order valence-electron chi connectivity index (χ2n) is 17.8. The number of piperidine rings is 2. The highest BCUT2D eigenvalue weighted by Crippen LogP contribution is 2.41. The van der Waals surface area contributed by atoms with Crippen molar-refractivity contribution in [1.29, 1.82) is 0 Å². The third-order valence-corrected chi connectivity index (χ3v) is 14.8. The number of rotatable bonds is 10. The number of carbonyl (C=O) groups is 4. The molecule has 0 bridgehead atoms. The third-order valence-electron chi connectivity index (χ3n) is 11.3. The number of carbonyl (C=O) groups excluding carboxylic acids is 3. The van der Waals surface area contributed by atoms with E-state index >= 15 is 0 Å². The number of carboxylic acid groups (broad SMARTS) is 1. The summed E-state index contributed by atoms with van der Waals surface area (Å²) >= 11 is 0. The van der Waals surface area contributed by atoms with E-state index in [4.69, 9.17) is 14.2 Å². The van der Waals surface area contributed by atoms with Crippen molar-refractivity contribution in [3.8, 4) is 0 Å². The first-order chi connectivity index (χ1) is 24.6. The van der Waals surface area contributed by atoms with Gasteiger partial charge in [-0.2, -0.15) is 0 Å². The minimum Gasteiger partial charge on any atom is -0.478 e. The van der Waals surface area contributed by atoms with Crippen LogP contribution in [0.25, 0.3) is 0 Å². The predicted molar refractivity (Wildman–Crippen MR) is 216 cm³/mol. The first kappa shape index (κ1) is 43.8. The highest BCUT2D eigenvalue weighted by atomic mass is 28.3. The van der Waals surface area contributed by atoms with E-state index in [-0.39, 0.29) is 40.8 Å². The van der Waals surface area contributed by atoms with E-state index in [1.807, 2.05) is 23.1 Å². The number of likely N-dealkylation sites (tertiary alicyclic amines) is 2. The summed E-state index contributed by atoms with van der Waals surface area (Å²) in [5, 5.41) is 9.25. The zero-order valence-electron chi connectivity index (χ0n) is 34.0. The number of carboxylic acids is 1. The van der Waals surface area contributed by atoms with Crippen LogP contribution in [0.3, 0.4) is 0 Å². The van der Waals surface area contributed by atoms with Gasteiger partial charge in [-0.3, -0.25) is 0 Å². The van der Waals surface area contributed by atoms with E-state index in [0.717, 1.165) is 36.1 Å². The van der Waals surface area contributed by atoms with Crippen LogP contribution in [0.2, 0.25) is 51.4 Å². The first-order valence-electron chi connectivity index (χ1n) is 19.0. The fourth-order valence-electron chi connectivity index (χ4n) is 6.86. The first-order valence-corrected chi connectivity index (χ1v) is 26.4. The number of methoxy groups -OCH3 is 1. The SMILES string of the molecule is COC(=O)c1cccc([C@]2(C)CCN(C(=O)OCC[Si](C)(C)C)C[C@@H]2C)c1.C[C@H]1CN(C(=O)OCC[Si](C)(C)C)CC[C@@]1(C)c1cccc(C(=O)O)c1. The lowest BCUT2D eigenvalue weighted by atomic mass is 9.68. The molecule has 0 saturated carbocycles. The molecule has 2 aliphatic heterocycles. The van der Waals surface area contributed by atoms with Crippen molar-refractivity contribution in [3.63, 3.8) is 0 Å². The summed E-state index contributed by atoms with van der Waals surface area (Å²) in [6.45, 7) is 25.8. The van der Waals surface area contributed by atoms with Gasteiger partial charge in [0.1, 0.15) is 0 Å². The smallest absolute Gasteiger partial charge is 0.409 e. The van der Waals surface area contributed by atoms with Gasteiger partial charge in [-0.05, 0) is 83.0 Å². The fourth-order valence-corrected chi connectivity index (χ4v) is 8.29. The van der Waals surface area contributed by atoms with Gasteiger partial charge in [0.25, 0.3) is 0 Å². The number of aromatic carboxylic acids is 1. The van der Waals surface area contributed by atoms with Crippen molar-refractivity contribution < 1.29 is 38.5 Å². The number of benzene rings is 2. The number of amides is 2. The zero-order chi connectivity index (χ0) is 39.8. The molecule has 0 aliphatic carbocycles. The molecule has 4 atom stereocenters. The van der Waals surface area contributed by atoms with Gasteiger partial charge in [0.05, 0.1) is 31.5 Å². The maximum absolute atomic E-state index is 12.4. The van der Waals surface area contributed by atoms with E-state index in [2.05, 4.69) is 73.0 Å². The van der Waals surface area contributed by atoms with E-state index in [1.165, 1.54) is 7.11 Å². The second kappa shape index (κ2) is 18.1. The molecule has 2 aromatic carbocycles. The molecule has 0 radical (unpaired) electrons. The Hall–Kier alpha value is -3.65. The molecule has 2 aromatic rings. The van der Waals surface area contributed by atoms with Crippen molar-refractivity contribution in [2.75, 3.05) is 46.5 Å². The standard InChI is InChI=1S/C21H33NO4Si.C20H31NO4Si/c1-16-15-22(20(24)26-12-13-27(4,5)6)11-10-21(16,2)18-9-7-8-17(14-18)19(23)25-3;1-15-14-21(19(24)25-11-12-26(3,4)5)10-9-20(15,2)17-8-6-7-16(13-17)18(22)23/h7-9,14,16H,10-13,15H2,1-6H3;6-8,13,15H,9-12,14H2,1-5H3,(H,22,23)/t16-,21+;15-,20+/m00/s1. The van der Waals surface area contributed by atoms with Crippen LogP contribution >= 0.6 is 0 Å². The minimum atomic E-state index is -1.21. The lowest BCUT2D eigenvalue weighted by Gasteiger charge is -2.44. The van der Waals surface area contributed by atoms with Crippen LogP contribution < -0.4 is 0 Å². The Labute approximate surface area is 319 Å². The average molecular weight is 769 g/mol. The lowest BCUT2D eigenvalue weighted by Crippen LogP contribution is -2.49. The topological polar surface area (TPSA) is 123 Å². The fraction of sp³-hybridized carbons (Fsp3) is 0.610. The third kappa shape index (κ3) is 12.2. The van der Waals surface area contributed by atoms with Gasteiger partial charge in [-0.15, -0.1) is 0 Å². The molecule has 2 aliphatic rings. The molecule has 12 heteroatoms. The highest BCUT2D eigenvalue weighted by Gasteiger charge is 2.41. The van der Waals surface area contributed by atoms with Gasteiger partial charge < -0.3 is 29.1 Å². The van der Waals surface area contributed by atoms with Crippen LogP contribution in [0.1, 0.15) is 72.4 Å². The summed E-state index contributed by atoms with van der Waals surface area (Å²) in [5.74, 6) is -0.767. The lowest BCUT2D eigenvalue weighted by molar-refractivity contribution is 0.0598. The van der Waals surface area contributed by atoms with Crippen LogP contribution in [0, 0.1) is 11.8 Å². The molecule has 4 rings (SSSR count). The van der Waals surface area contributed by atoms with Gasteiger partial charge in [0, 0.05) is 42.3 Å². The normalized spacial score (nSPS) is 23.3. The molecule has 1 N–H and O–H groups in total. The van der Waals surface area contributed by atoms with Crippen molar-refractivity contribution in [1.82, 2.24) is 9.80 Å². The van der Waals surface area contributed by atoms with Crippen LogP contribution in [0.5, 0.6) is 0 Å². The molecule has 2 amide bonds. The molecular formula is C41H64N2O8Si2. The maximum Gasteiger partial charge on any atom is 0.409 e. The molecule has 0 spiro atoms. The molecule has 2 saturated heterocycles. The van der Waals surface area contributed by atoms with Crippen molar-refractivity contribution in [2.24, 2.45) is 11.8 Å². The van der Waals surface area contributed by atoms with Gasteiger partial charge in [-0.1, -0.05) is 91.2 Å². The molecule has 0 unspecified atom stereocenters. The summed E-state index contributed by atoms with van der Waals surface area (Å²) in [6.07, 6.45) is 1.20. The Morgan fingerprint density at radius 2 is 1.11 bits per heavy atom. The molecule has 0 aromatic heterocycles. The van der Waals surface area contributed by atoms with E-state index < -0.39 is 22.1 Å². The quantitative estimate of drug-likeness (QED) is 0.144. The van der Waals surface area contributed by atoms with E-state index in [1.54, 1.807) is 29.2 Å². The Kier molecular flexibility index (Phi) is 15.0. The van der Waals surface area contributed by atoms with Crippen molar-refractivity contribution in [3.05, 3.63) is 70.8 Å². The Bertz CT molecular complexity index is 1590. The van der Waals surface area contributed by atoms with Gasteiger partial charge in [0.15, 0.2) is 0 Å². The van der Waals surface area contributed by atoms with Gasteiger partial charge >= 0.3 is 24.1 Å². The van der Waals surface area contributed by atoms with E-state index in [9.17, 15) is 24.3 Å². The van der Waals surface area contributed by atoms with Gasteiger partial charge in [-0.25, -0.2) is 19.2 Å². The highest BCUT2D eigenvalue weighted by molar-refractivity contribution is 6.76. The summed E-state index contributed by atoms with van der Waals surface area (Å²) in [5.41, 5.74) is 2.77. The average Bonchev–Trinajstić information content (AvgIpc) is 3.09.